The SMILES string of the molecule is CC1=C(C(=O)OC2CCC(C)C(C)C2)C(c2ccc(N(C)C)cc2)NC(=S)N1. The largest absolute Gasteiger partial charge is 0.459 e. The number of rotatable bonds is 4. The molecule has 4 unspecified atom stereocenters. The number of esters is 1. The molecule has 0 saturated heterocycles. The minimum Gasteiger partial charge on any atom is -0.459 e. The molecule has 0 amide bonds. The molecular formula is C22H31N3O2S. The topological polar surface area (TPSA) is 53.6 Å². The Morgan fingerprint density at radius 1 is 1.14 bits per heavy atom. The van der Waals surface area contributed by atoms with Crippen LogP contribution < -0.4 is 15.5 Å². The van der Waals surface area contributed by atoms with Gasteiger partial charge in [0.15, 0.2) is 5.11 Å². The summed E-state index contributed by atoms with van der Waals surface area (Å²) in [4.78, 5) is 15.2. The summed E-state index contributed by atoms with van der Waals surface area (Å²) in [5.74, 6) is 1.01. The summed E-state index contributed by atoms with van der Waals surface area (Å²) >= 11 is 5.34. The summed E-state index contributed by atoms with van der Waals surface area (Å²) in [5, 5.41) is 6.85. The average molecular weight is 402 g/mol. The number of carbonyl (C=O) groups is 1. The third-order valence-corrected chi connectivity index (χ3v) is 6.28. The minimum absolute atomic E-state index is 0.00959. The van der Waals surface area contributed by atoms with E-state index in [9.17, 15) is 4.79 Å². The van der Waals surface area contributed by atoms with E-state index in [1.165, 1.54) is 0 Å². The molecule has 1 saturated carbocycles. The number of benzene rings is 1. The van der Waals surface area contributed by atoms with Crippen molar-refractivity contribution < 1.29 is 9.53 Å². The molecule has 1 aromatic rings. The third kappa shape index (κ3) is 4.49. The molecule has 1 aliphatic heterocycles. The maximum absolute atomic E-state index is 13.1. The molecule has 0 aromatic heterocycles. The van der Waals surface area contributed by atoms with Gasteiger partial charge in [-0.2, -0.15) is 0 Å². The Bertz CT molecular complexity index is 772. The van der Waals surface area contributed by atoms with E-state index in [-0.39, 0.29) is 18.1 Å². The van der Waals surface area contributed by atoms with Crippen molar-refractivity contribution in [2.75, 3.05) is 19.0 Å². The number of carbonyl (C=O) groups excluding carboxylic acids is 1. The first kappa shape index (κ1) is 20.6. The van der Waals surface area contributed by atoms with Gasteiger partial charge >= 0.3 is 5.97 Å². The molecule has 1 aliphatic carbocycles. The number of ether oxygens (including phenoxy) is 1. The standard InChI is InChI=1S/C22H31N3O2S/c1-13-6-11-18(12-14(13)2)27-21(26)19-15(3)23-22(28)24-20(19)16-7-9-17(10-8-16)25(4)5/h7-10,13-14,18,20H,6,11-12H2,1-5H3,(H2,23,24,28). The van der Waals surface area contributed by atoms with Gasteiger partial charge < -0.3 is 20.3 Å². The lowest BCUT2D eigenvalue weighted by Gasteiger charge is -2.34. The lowest BCUT2D eigenvalue weighted by molar-refractivity contribution is -0.147. The number of nitrogens with one attached hydrogen (secondary N) is 2. The first-order valence-electron chi connectivity index (χ1n) is 10.0. The highest BCUT2D eigenvalue weighted by Crippen LogP contribution is 2.33. The molecule has 152 valence electrons. The molecule has 28 heavy (non-hydrogen) atoms. The van der Waals surface area contributed by atoms with E-state index in [2.05, 4.69) is 24.5 Å². The number of allylic oxidation sites excluding steroid dienone is 1. The highest BCUT2D eigenvalue weighted by Gasteiger charge is 2.34. The lowest BCUT2D eigenvalue weighted by Crippen LogP contribution is -2.45. The van der Waals surface area contributed by atoms with Crippen LogP contribution in [0.3, 0.4) is 0 Å². The predicted molar refractivity (Wildman–Crippen MR) is 117 cm³/mol. The normalized spacial score (nSPS) is 27.7. The number of thiocarbonyl (C=S) groups is 1. The van der Waals surface area contributed by atoms with Crippen LogP contribution in [0.2, 0.25) is 0 Å². The van der Waals surface area contributed by atoms with Gasteiger partial charge in [-0.05, 0) is 67.9 Å². The summed E-state index contributed by atoms with van der Waals surface area (Å²) in [6.45, 7) is 6.40. The van der Waals surface area contributed by atoms with E-state index < -0.39 is 0 Å². The van der Waals surface area contributed by atoms with E-state index in [0.29, 0.717) is 22.5 Å². The van der Waals surface area contributed by atoms with Gasteiger partial charge in [0.2, 0.25) is 0 Å². The first-order chi connectivity index (χ1) is 13.3. The quantitative estimate of drug-likeness (QED) is 0.589. The summed E-state index contributed by atoms with van der Waals surface area (Å²) in [5.41, 5.74) is 3.46. The minimum atomic E-state index is -0.308. The Hall–Kier alpha value is -2.08. The molecule has 0 radical (unpaired) electrons. The molecule has 5 nitrogen and oxygen atoms in total. The number of anilines is 1. The second-order valence-electron chi connectivity index (χ2n) is 8.35. The summed E-state index contributed by atoms with van der Waals surface area (Å²) in [7, 11) is 4.01. The van der Waals surface area contributed by atoms with Crippen molar-refractivity contribution in [1.82, 2.24) is 10.6 Å². The first-order valence-corrected chi connectivity index (χ1v) is 10.4. The zero-order valence-corrected chi connectivity index (χ0v) is 18.2. The van der Waals surface area contributed by atoms with Crippen molar-refractivity contribution in [3.05, 3.63) is 41.1 Å². The Labute approximate surface area is 173 Å². The number of nitrogens with zero attached hydrogens (tertiary/aromatic N) is 1. The van der Waals surface area contributed by atoms with Crippen LogP contribution in [0, 0.1) is 11.8 Å². The van der Waals surface area contributed by atoms with E-state index >= 15 is 0 Å². The summed E-state index contributed by atoms with van der Waals surface area (Å²) < 4.78 is 5.94. The average Bonchev–Trinajstić information content (AvgIpc) is 2.64. The fraction of sp³-hybridized carbons (Fsp3) is 0.545. The van der Waals surface area contributed by atoms with Crippen molar-refractivity contribution in [3.63, 3.8) is 0 Å². The molecule has 2 N–H and O–H groups in total. The number of hydrogen-bond donors (Lipinski definition) is 2. The van der Waals surface area contributed by atoms with Crippen LogP contribution in [0.15, 0.2) is 35.5 Å². The van der Waals surface area contributed by atoms with Gasteiger partial charge in [0.1, 0.15) is 6.10 Å². The Morgan fingerprint density at radius 2 is 1.82 bits per heavy atom. The summed E-state index contributed by atoms with van der Waals surface area (Å²) in [6.07, 6.45) is 2.96. The van der Waals surface area contributed by atoms with E-state index in [0.717, 1.165) is 36.2 Å². The van der Waals surface area contributed by atoms with E-state index in [1.807, 2.05) is 50.2 Å². The van der Waals surface area contributed by atoms with Crippen molar-refractivity contribution in [2.45, 2.75) is 52.2 Å². The molecule has 4 atom stereocenters. The van der Waals surface area contributed by atoms with Gasteiger partial charge in [-0.15, -0.1) is 0 Å². The fourth-order valence-corrected chi connectivity index (χ4v) is 4.27. The van der Waals surface area contributed by atoms with Gasteiger partial charge in [-0.3, -0.25) is 0 Å². The van der Waals surface area contributed by atoms with Crippen LogP contribution in [-0.4, -0.2) is 31.3 Å². The van der Waals surface area contributed by atoms with Crippen LogP contribution in [0.4, 0.5) is 5.69 Å². The van der Waals surface area contributed by atoms with Crippen molar-refractivity contribution in [3.8, 4) is 0 Å². The van der Waals surface area contributed by atoms with Gasteiger partial charge in [0.05, 0.1) is 11.6 Å². The predicted octanol–water partition coefficient (Wildman–Crippen LogP) is 3.91. The molecule has 3 rings (SSSR count). The maximum Gasteiger partial charge on any atom is 0.338 e. The third-order valence-electron chi connectivity index (χ3n) is 6.06. The zero-order chi connectivity index (χ0) is 20.4. The smallest absolute Gasteiger partial charge is 0.338 e. The van der Waals surface area contributed by atoms with Gasteiger partial charge in [0, 0.05) is 25.5 Å². The van der Waals surface area contributed by atoms with Gasteiger partial charge in [-0.25, -0.2) is 4.79 Å². The maximum atomic E-state index is 13.1. The molecule has 0 bridgehead atoms. The molecule has 1 aromatic carbocycles. The van der Waals surface area contributed by atoms with Gasteiger partial charge in [-0.1, -0.05) is 26.0 Å². The second kappa shape index (κ2) is 8.52. The van der Waals surface area contributed by atoms with Gasteiger partial charge in [0.25, 0.3) is 0 Å². The summed E-state index contributed by atoms with van der Waals surface area (Å²) in [6, 6.07) is 7.85. The molecular weight excluding hydrogens is 370 g/mol. The Morgan fingerprint density at radius 3 is 2.43 bits per heavy atom. The highest BCUT2D eigenvalue weighted by atomic mass is 32.1. The van der Waals surface area contributed by atoms with E-state index in [4.69, 9.17) is 17.0 Å². The monoisotopic (exact) mass is 401 g/mol. The van der Waals surface area contributed by atoms with Crippen molar-refractivity contribution >= 4 is 29.0 Å². The Balaban J connectivity index is 1.82. The lowest BCUT2D eigenvalue weighted by atomic mass is 9.80. The molecule has 0 spiro atoms. The fourth-order valence-electron chi connectivity index (χ4n) is 4.00. The van der Waals surface area contributed by atoms with Crippen LogP contribution >= 0.6 is 12.2 Å². The van der Waals surface area contributed by atoms with Crippen LogP contribution in [-0.2, 0) is 9.53 Å². The van der Waals surface area contributed by atoms with E-state index in [1.54, 1.807) is 0 Å². The van der Waals surface area contributed by atoms with Crippen molar-refractivity contribution in [1.29, 1.82) is 0 Å². The zero-order valence-electron chi connectivity index (χ0n) is 17.4. The number of hydrogen-bond acceptors (Lipinski definition) is 4. The van der Waals surface area contributed by atoms with Crippen molar-refractivity contribution in [2.24, 2.45) is 11.8 Å². The van der Waals surface area contributed by atoms with Crippen LogP contribution in [0.1, 0.15) is 51.6 Å². The second-order valence-corrected chi connectivity index (χ2v) is 8.76. The van der Waals surface area contributed by atoms with Crippen LogP contribution in [0.5, 0.6) is 0 Å². The molecule has 6 heteroatoms. The highest BCUT2D eigenvalue weighted by molar-refractivity contribution is 7.80. The van der Waals surface area contributed by atoms with Crippen LogP contribution in [0.25, 0.3) is 0 Å². The molecule has 1 fully saturated rings. The molecule has 1 heterocycles. The Kier molecular flexibility index (Phi) is 6.28. The molecule has 2 aliphatic rings.